The first kappa shape index (κ1) is 17.7. The molecule has 0 radical (unpaired) electrons. The topological polar surface area (TPSA) is 54.3 Å². The summed E-state index contributed by atoms with van der Waals surface area (Å²) in [4.78, 5) is 12.4. The second kappa shape index (κ2) is 8.30. The van der Waals surface area contributed by atoms with Crippen LogP contribution in [0.25, 0.3) is 11.0 Å². The van der Waals surface area contributed by atoms with Crippen molar-refractivity contribution in [3.8, 4) is 0 Å². The van der Waals surface area contributed by atoms with Crippen LogP contribution in [0.2, 0.25) is 0 Å². The van der Waals surface area contributed by atoms with Crippen LogP contribution in [0.15, 0.2) is 59.0 Å². The SMILES string of the molecule is O=C(NCc1ccccc1)c1cc2cc(NCC3CCCCC3)ccc2o1. The minimum atomic E-state index is -0.188. The molecular formula is C23H26N2O2. The molecule has 0 bridgehead atoms. The second-order valence-electron chi connectivity index (χ2n) is 7.42. The lowest BCUT2D eigenvalue weighted by atomic mass is 9.89. The molecule has 1 amide bonds. The Kier molecular flexibility index (Phi) is 5.42. The summed E-state index contributed by atoms with van der Waals surface area (Å²) in [5.41, 5.74) is 2.89. The van der Waals surface area contributed by atoms with Crippen molar-refractivity contribution < 1.29 is 9.21 Å². The Morgan fingerprint density at radius 2 is 1.81 bits per heavy atom. The quantitative estimate of drug-likeness (QED) is 0.621. The predicted molar refractivity (Wildman–Crippen MR) is 109 cm³/mol. The third-order valence-electron chi connectivity index (χ3n) is 5.36. The number of rotatable bonds is 6. The number of anilines is 1. The molecule has 1 fully saturated rings. The van der Waals surface area contributed by atoms with E-state index in [0.717, 1.165) is 34.7 Å². The van der Waals surface area contributed by atoms with Crippen LogP contribution >= 0.6 is 0 Å². The Morgan fingerprint density at radius 1 is 1.00 bits per heavy atom. The molecule has 1 heterocycles. The van der Waals surface area contributed by atoms with E-state index in [1.54, 1.807) is 0 Å². The lowest BCUT2D eigenvalue weighted by Gasteiger charge is -2.22. The summed E-state index contributed by atoms with van der Waals surface area (Å²) in [6, 6.07) is 17.7. The molecular weight excluding hydrogens is 336 g/mol. The van der Waals surface area contributed by atoms with Gasteiger partial charge in [-0.1, -0.05) is 49.6 Å². The van der Waals surface area contributed by atoms with Crippen LogP contribution in [0, 0.1) is 5.92 Å². The Morgan fingerprint density at radius 3 is 2.63 bits per heavy atom. The van der Waals surface area contributed by atoms with Crippen molar-refractivity contribution in [1.82, 2.24) is 5.32 Å². The van der Waals surface area contributed by atoms with Gasteiger partial charge in [-0.15, -0.1) is 0 Å². The third-order valence-corrected chi connectivity index (χ3v) is 5.36. The highest BCUT2D eigenvalue weighted by Crippen LogP contribution is 2.26. The summed E-state index contributed by atoms with van der Waals surface area (Å²) in [6.07, 6.45) is 6.75. The molecule has 0 aliphatic heterocycles. The van der Waals surface area contributed by atoms with E-state index in [0.29, 0.717) is 12.3 Å². The molecule has 27 heavy (non-hydrogen) atoms. The van der Waals surface area contributed by atoms with Crippen molar-refractivity contribution >= 4 is 22.6 Å². The number of benzene rings is 2. The average Bonchev–Trinajstić information content (AvgIpc) is 3.15. The number of nitrogens with one attached hydrogen (secondary N) is 2. The number of carbonyl (C=O) groups is 1. The minimum absolute atomic E-state index is 0.188. The number of hydrogen-bond donors (Lipinski definition) is 2. The standard InChI is InChI=1S/C23H26N2O2/c26-23(25-16-18-9-5-2-6-10-18)22-14-19-13-20(11-12-21(19)27-22)24-15-17-7-3-1-4-8-17/h2,5-6,9-14,17,24H,1,3-4,7-8,15-16H2,(H,25,26). The van der Waals surface area contributed by atoms with Crippen LogP contribution < -0.4 is 10.6 Å². The number of carbonyl (C=O) groups excluding carboxylic acids is 1. The van der Waals surface area contributed by atoms with Gasteiger partial charge in [-0.05, 0) is 48.6 Å². The number of hydrogen-bond acceptors (Lipinski definition) is 3. The first-order valence-electron chi connectivity index (χ1n) is 9.87. The molecule has 1 aliphatic rings. The summed E-state index contributed by atoms with van der Waals surface area (Å²) in [5.74, 6) is 0.940. The zero-order valence-electron chi connectivity index (χ0n) is 15.5. The minimum Gasteiger partial charge on any atom is -0.451 e. The van der Waals surface area contributed by atoms with E-state index in [1.807, 2.05) is 48.5 Å². The zero-order chi connectivity index (χ0) is 18.5. The summed E-state index contributed by atoms with van der Waals surface area (Å²) >= 11 is 0. The highest BCUT2D eigenvalue weighted by molar-refractivity contribution is 5.96. The summed E-state index contributed by atoms with van der Waals surface area (Å²) in [6.45, 7) is 1.51. The van der Waals surface area contributed by atoms with E-state index >= 15 is 0 Å². The fourth-order valence-corrected chi connectivity index (χ4v) is 3.78. The van der Waals surface area contributed by atoms with Gasteiger partial charge >= 0.3 is 0 Å². The van der Waals surface area contributed by atoms with Crippen molar-refractivity contribution in [2.75, 3.05) is 11.9 Å². The normalized spacial score (nSPS) is 15.0. The van der Waals surface area contributed by atoms with Gasteiger partial charge in [0, 0.05) is 24.2 Å². The van der Waals surface area contributed by atoms with E-state index in [-0.39, 0.29) is 5.91 Å². The predicted octanol–water partition coefficient (Wildman–Crippen LogP) is 5.36. The van der Waals surface area contributed by atoms with Crippen LogP contribution in [0.3, 0.4) is 0 Å². The van der Waals surface area contributed by atoms with Gasteiger partial charge in [0.2, 0.25) is 0 Å². The van der Waals surface area contributed by atoms with Gasteiger partial charge in [0.25, 0.3) is 5.91 Å². The van der Waals surface area contributed by atoms with Gasteiger partial charge in [0.15, 0.2) is 5.76 Å². The van der Waals surface area contributed by atoms with E-state index in [9.17, 15) is 4.79 Å². The Bertz CT molecular complexity index is 895. The first-order valence-corrected chi connectivity index (χ1v) is 9.87. The molecule has 0 unspecified atom stereocenters. The molecule has 1 saturated carbocycles. The average molecular weight is 362 g/mol. The van der Waals surface area contributed by atoms with Crippen LogP contribution in [-0.2, 0) is 6.54 Å². The van der Waals surface area contributed by atoms with Crippen LogP contribution in [0.4, 0.5) is 5.69 Å². The van der Waals surface area contributed by atoms with Gasteiger partial charge in [-0.25, -0.2) is 0 Å². The van der Waals surface area contributed by atoms with E-state index in [2.05, 4.69) is 16.7 Å². The molecule has 1 aliphatic carbocycles. The molecule has 2 aromatic carbocycles. The first-order chi connectivity index (χ1) is 13.3. The van der Waals surface area contributed by atoms with Crippen molar-refractivity contribution in [2.24, 2.45) is 5.92 Å². The van der Waals surface area contributed by atoms with Crippen LogP contribution in [0.5, 0.6) is 0 Å². The van der Waals surface area contributed by atoms with Gasteiger partial charge in [0.05, 0.1) is 0 Å². The van der Waals surface area contributed by atoms with Gasteiger partial charge in [-0.3, -0.25) is 4.79 Å². The van der Waals surface area contributed by atoms with E-state index in [4.69, 9.17) is 4.42 Å². The maximum atomic E-state index is 12.4. The molecule has 0 spiro atoms. The lowest BCUT2D eigenvalue weighted by molar-refractivity contribution is 0.0925. The molecule has 0 atom stereocenters. The number of amides is 1. The van der Waals surface area contributed by atoms with Gasteiger partial charge < -0.3 is 15.1 Å². The highest BCUT2D eigenvalue weighted by atomic mass is 16.3. The lowest BCUT2D eigenvalue weighted by Crippen LogP contribution is -2.22. The zero-order valence-corrected chi connectivity index (χ0v) is 15.5. The second-order valence-corrected chi connectivity index (χ2v) is 7.42. The third kappa shape index (κ3) is 4.51. The molecule has 4 rings (SSSR count). The van der Waals surface area contributed by atoms with Crippen molar-refractivity contribution in [1.29, 1.82) is 0 Å². The van der Waals surface area contributed by atoms with E-state index in [1.165, 1.54) is 32.1 Å². The highest BCUT2D eigenvalue weighted by Gasteiger charge is 2.14. The summed E-state index contributed by atoms with van der Waals surface area (Å²) < 4.78 is 5.73. The Labute approximate surface area is 160 Å². The van der Waals surface area contributed by atoms with Crippen LogP contribution in [0.1, 0.15) is 48.2 Å². The smallest absolute Gasteiger partial charge is 0.287 e. The molecule has 1 aromatic heterocycles. The molecule has 140 valence electrons. The summed E-state index contributed by atoms with van der Waals surface area (Å²) in [5, 5.41) is 7.41. The molecule has 3 aromatic rings. The maximum Gasteiger partial charge on any atom is 0.287 e. The van der Waals surface area contributed by atoms with Crippen LogP contribution in [-0.4, -0.2) is 12.5 Å². The summed E-state index contributed by atoms with van der Waals surface area (Å²) in [7, 11) is 0. The number of furan rings is 1. The van der Waals surface area contributed by atoms with Crippen molar-refractivity contribution in [3.05, 3.63) is 65.9 Å². The monoisotopic (exact) mass is 362 g/mol. The molecule has 4 heteroatoms. The largest absolute Gasteiger partial charge is 0.451 e. The van der Waals surface area contributed by atoms with Gasteiger partial charge in [-0.2, -0.15) is 0 Å². The fourth-order valence-electron chi connectivity index (χ4n) is 3.78. The molecule has 2 N–H and O–H groups in total. The Balaban J connectivity index is 1.38. The Hall–Kier alpha value is -2.75. The van der Waals surface area contributed by atoms with Crippen molar-refractivity contribution in [2.45, 2.75) is 38.6 Å². The number of fused-ring (bicyclic) bond motifs is 1. The maximum absolute atomic E-state index is 12.4. The van der Waals surface area contributed by atoms with Crippen molar-refractivity contribution in [3.63, 3.8) is 0 Å². The van der Waals surface area contributed by atoms with E-state index < -0.39 is 0 Å². The van der Waals surface area contributed by atoms with Gasteiger partial charge in [0.1, 0.15) is 5.58 Å². The fraction of sp³-hybridized carbons (Fsp3) is 0.348. The molecule has 0 saturated heterocycles. The molecule has 4 nitrogen and oxygen atoms in total.